The summed E-state index contributed by atoms with van der Waals surface area (Å²) in [6, 6.07) is 2.52. The lowest BCUT2D eigenvalue weighted by molar-refractivity contribution is -0.383. The summed E-state index contributed by atoms with van der Waals surface area (Å²) in [6.07, 6.45) is 0. The third-order valence-corrected chi connectivity index (χ3v) is 2.76. The Morgan fingerprint density at radius 3 is 2.63 bits per heavy atom. The predicted octanol–water partition coefficient (Wildman–Crippen LogP) is 1.82. The summed E-state index contributed by atoms with van der Waals surface area (Å²) in [5.74, 6) is -0.583. The monoisotopic (exact) mass is 307 g/mol. The molecule has 0 bridgehead atoms. The number of nitro benzene ring substituents is 1. The number of nitrogens with zero attached hydrogens (tertiary/aromatic N) is 1. The van der Waals surface area contributed by atoms with Crippen molar-refractivity contribution in [3.8, 4) is 0 Å². The Morgan fingerprint density at radius 2 is 2.05 bits per heavy atom. The molecule has 7 nitrogen and oxygen atoms in total. The summed E-state index contributed by atoms with van der Waals surface area (Å²) < 4.78 is 4.91. The minimum Gasteiger partial charge on any atom is -0.377 e. The molecular formula is C10H11Cl2N3O4. The second kappa shape index (κ2) is 7.13. The maximum absolute atomic E-state index is 10.8. The molecule has 0 aliphatic rings. The zero-order chi connectivity index (χ0) is 14.4. The highest BCUT2D eigenvalue weighted by atomic mass is 35.5. The summed E-state index contributed by atoms with van der Waals surface area (Å²) >= 11 is 11.5. The van der Waals surface area contributed by atoms with Gasteiger partial charge in [0.1, 0.15) is 12.3 Å². The molecule has 1 rings (SSSR count). The van der Waals surface area contributed by atoms with Gasteiger partial charge in [-0.05, 0) is 6.07 Å². The average Bonchev–Trinajstić information content (AvgIpc) is 2.32. The third-order valence-electron chi connectivity index (χ3n) is 2.04. The van der Waals surface area contributed by atoms with Crippen LogP contribution in [0, 0.1) is 10.1 Å². The molecule has 9 heteroatoms. The highest BCUT2D eigenvalue weighted by molar-refractivity contribution is 6.42. The van der Waals surface area contributed by atoms with Gasteiger partial charge in [-0.2, -0.15) is 0 Å². The van der Waals surface area contributed by atoms with E-state index in [0.29, 0.717) is 0 Å². The van der Waals surface area contributed by atoms with Crippen LogP contribution >= 0.6 is 23.2 Å². The molecule has 0 aromatic heterocycles. The number of carbonyl (C=O) groups excluding carboxylic acids is 1. The number of nitrogens with one attached hydrogen (secondary N) is 1. The Kier molecular flexibility index (Phi) is 5.81. The van der Waals surface area contributed by atoms with Gasteiger partial charge in [0.05, 0.1) is 21.6 Å². The number of benzene rings is 1. The van der Waals surface area contributed by atoms with E-state index in [1.807, 2.05) is 0 Å². The molecule has 0 aliphatic carbocycles. The molecule has 0 aliphatic heterocycles. The van der Waals surface area contributed by atoms with Gasteiger partial charge in [0, 0.05) is 12.6 Å². The summed E-state index contributed by atoms with van der Waals surface area (Å²) in [5.41, 5.74) is 4.91. The number of primary amides is 1. The van der Waals surface area contributed by atoms with Crippen LogP contribution in [-0.2, 0) is 9.53 Å². The van der Waals surface area contributed by atoms with E-state index < -0.39 is 10.8 Å². The third kappa shape index (κ3) is 4.90. The van der Waals surface area contributed by atoms with Crippen LogP contribution in [0.15, 0.2) is 12.1 Å². The quantitative estimate of drug-likeness (QED) is 0.454. The van der Waals surface area contributed by atoms with Crippen molar-refractivity contribution in [3.63, 3.8) is 0 Å². The highest BCUT2D eigenvalue weighted by Gasteiger charge is 2.16. The molecule has 0 saturated carbocycles. The SMILES string of the molecule is NC(=O)COCCNc1cc(Cl)c(Cl)cc1[N+](=O)[O-]. The van der Waals surface area contributed by atoms with Gasteiger partial charge >= 0.3 is 0 Å². The Balaban J connectivity index is 2.64. The summed E-state index contributed by atoms with van der Waals surface area (Å²) in [7, 11) is 0. The number of nitrogens with two attached hydrogens (primary N) is 1. The van der Waals surface area contributed by atoms with Crippen LogP contribution in [-0.4, -0.2) is 30.6 Å². The first-order chi connectivity index (χ1) is 8.91. The first-order valence-corrected chi connectivity index (χ1v) is 5.90. The van der Waals surface area contributed by atoms with Crippen LogP contribution < -0.4 is 11.1 Å². The fraction of sp³-hybridized carbons (Fsp3) is 0.300. The maximum atomic E-state index is 10.8. The predicted molar refractivity (Wildman–Crippen MR) is 71.6 cm³/mol. The number of nitro groups is 1. The Labute approximate surface area is 118 Å². The Morgan fingerprint density at radius 1 is 1.42 bits per heavy atom. The van der Waals surface area contributed by atoms with Crippen LogP contribution in [0.4, 0.5) is 11.4 Å². The minimum absolute atomic E-state index is 0.101. The van der Waals surface area contributed by atoms with Crippen molar-refractivity contribution in [2.24, 2.45) is 5.73 Å². The van der Waals surface area contributed by atoms with Gasteiger partial charge in [-0.1, -0.05) is 23.2 Å². The van der Waals surface area contributed by atoms with Crippen molar-refractivity contribution in [2.45, 2.75) is 0 Å². The van der Waals surface area contributed by atoms with E-state index in [4.69, 9.17) is 33.7 Å². The normalized spacial score (nSPS) is 10.2. The van der Waals surface area contributed by atoms with Crippen molar-refractivity contribution in [2.75, 3.05) is 25.1 Å². The molecule has 0 atom stereocenters. The number of amides is 1. The zero-order valence-corrected chi connectivity index (χ0v) is 11.2. The van der Waals surface area contributed by atoms with Crippen LogP contribution in [0.3, 0.4) is 0 Å². The Bertz CT molecular complexity index is 496. The van der Waals surface area contributed by atoms with Gasteiger partial charge in [-0.15, -0.1) is 0 Å². The number of hydrogen-bond acceptors (Lipinski definition) is 5. The van der Waals surface area contributed by atoms with E-state index in [0.717, 1.165) is 6.07 Å². The standard InChI is InChI=1S/C10H11Cl2N3O4/c11-6-3-8(9(15(17)18)4-7(6)12)14-1-2-19-5-10(13)16/h3-4,14H,1-2,5H2,(H2,13,16). The molecule has 1 aromatic rings. The number of anilines is 1. The van der Waals surface area contributed by atoms with Crippen LogP contribution in [0.25, 0.3) is 0 Å². The summed E-state index contributed by atoms with van der Waals surface area (Å²) in [4.78, 5) is 20.7. The number of rotatable bonds is 7. The zero-order valence-electron chi connectivity index (χ0n) is 9.69. The van der Waals surface area contributed by atoms with Crippen molar-refractivity contribution in [1.29, 1.82) is 0 Å². The van der Waals surface area contributed by atoms with Gasteiger partial charge in [0.2, 0.25) is 5.91 Å². The average molecular weight is 308 g/mol. The number of carbonyl (C=O) groups is 1. The number of hydrogen-bond donors (Lipinski definition) is 2. The fourth-order valence-electron chi connectivity index (χ4n) is 1.26. The molecule has 104 valence electrons. The van der Waals surface area contributed by atoms with Crippen molar-refractivity contribution in [1.82, 2.24) is 0 Å². The molecule has 1 aromatic carbocycles. The molecule has 19 heavy (non-hydrogen) atoms. The van der Waals surface area contributed by atoms with E-state index in [1.54, 1.807) is 0 Å². The lowest BCUT2D eigenvalue weighted by Crippen LogP contribution is -2.20. The second-order valence-corrected chi connectivity index (χ2v) is 4.30. The smallest absolute Gasteiger partial charge is 0.293 e. The van der Waals surface area contributed by atoms with Crippen LogP contribution in [0.1, 0.15) is 0 Å². The second-order valence-electron chi connectivity index (χ2n) is 3.49. The van der Waals surface area contributed by atoms with Crippen molar-refractivity contribution in [3.05, 3.63) is 32.3 Å². The number of halogens is 2. The van der Waals surface area contributed by atoms with Gasteiger partial charge in [-0.3, -0.25) is 14.9 Å². The van der Waals surface area contributed by atoms with Crippen LogP contribution in [0.2, 0.25) is 10.0 Å². The first-order valence-electron chi connectivity index (χ1n) is 5.15. The molecule has 0 radical (unpaired) electrons. The molecule has 0 spiro atoms. The topological polar surface area (TPSA) is 107 Å². The van der Waals surface area contributed by atoms with E-state index in [-0.39, 0.29) is 41.2 Å². The molecule has 1 amide bonds. The van der Waals surface area contributed by atoms with Gasteiger partial charge in [0.25, 0.3) is 5.69 Å². The minimum atomic E-state index is -0.583. The van der Waals surface area contributed by atoms with E-state index in [1.165, 1.54) is 6.07 Å². The van der Waals surface area contributed by atoms with Crippen LogP contribution in [0.5, 0.6) is 0 Å². The van der Waals surface area contributed by atoms with E-state index in [2.05, 4.69) is 5.32 Å². The molecule has 0 fully saturated rings. The van der Waals surface area contributed by atoms with Gasteiger partial charge < -0.3 is 15.8 Å². The summed E-state index contributed by atoms with van der Waals surface area (Å²) in [5, 5.41) is 13.9. The lowest BCUT2D eigenvalue weighted by atomic mass is 10.2. The number of ether oxygens (including phenoxy) is 1. The first kappa shape index (κ1) is 15.5. The van der Waals surface area contributed by atoms with Crippen molar-refractivity contribution >= 4 is 40.5 Å². The molecular weight excluding hydrogens is 297 g/mol. The van der Waals surface area contributed by atoms with E-state index >= 15 is 0 Å². The molecule has 3 N–H and O–H groups in total. The highest BCUT2D eigenvalue weighted by Crippen LogP contribution is 2.33. The van der Waals surface area contributed by atoms with Gasteiger partial charge in [-0.25, -0.2) is 0 Å². The summed E-state index contributed by atoms with van der Waals surface area (Å²) in [6.45, 7) is 0.220. The fourth-order valence-corrected chi connectivity index (χ4v) is 1.58. The largest absolute Gasteiger partial charge is 0.377 e. The molecule has 0 heterocycles. The Hall–Kier alpha value is -1.57. The maximum Gasteiger partial charge on any atom is 0.293 e. The lowest BCUT2D eigenvalue weighted by Gasteiger charge is -2.08. The van der Waals surface area contributed by atoms with Gasteiger partial charge in [0.15, 0.2) is 0 Å². The van der Waals surface area contributed by atoms with Crippen molar-refractivity contribution < 1.29 is 14.5 Å². The molecule has 0 saturated heterocycles. The van der Waals surface area contributed by atoms with E-state index in [9.17, 15) is 14.9 Å². The molecule has 0 unspecified atom stereocenters.